The Morgan fingerprint density at radius 1 is 1.18 bits per heavy atom. The molecule has 3 heterocycles. The summed E-state index contributed by atoms with van der Waals surface area (Å²) in [5.74, 6) is 0.191. The maximum atomic E-state index is 13.7. The highest BCUT2D eigenvalue weighted by Gasteiger charge is 2.29. The number of benzene rings is 2. The molecule has 1 atom stereocenters. The van der Waals surface area contributed by atoms with Crippen LogP contribution in [0.3, 0.4) is 0 Å². The molecule has 0 aliphatic carbocycles. The Labute approximate surface area is 191 Å². The van der Waals surface area contributed by atoms with Gasteiger partial charge in [0, 0.05) is 36.4 Å². The molecule has 0 saturated carbocycles. The number of hydrogen-bond acceptors (Lipinski definition) is 4. The maximum absolute atomic E-state index is 13.7. The summed E-state index contributed by atoms with van der Waals surface area (Å²) in [6.07, 6.45) is 2.54. The summed E-state index contributed by atoms with van der Waals surface area (Å²) >= 11 is 0. The standard InChI is InChI=1S/C26H24FN3O3/c1-29-12-11-17(15-29)30(2)26(32)20-6-4-3-5-19(20)24-10-8-18(33-24)14-22-21-13-16(27)7-9-23(21)28-25(22)31/h3-10,13-14,17H,11-12,15H2,1-2H3,(H,28,31)/b22-14+. The van der Waals surface area contributed by atoms with Crippen LogP contribution < -0.4 is 5.32 Å². The van der Waals surface area contributed by atoms with Crippen LogP contribution in [0.15, 0.2) is 59.0 Å². The number of nitrogens with one attached hydrogen (secondary N) is 1. The topological polar surface area (TPSA) is 65.8 Å². The van der Waals surface area contributed by atoms with Crippen molar-refractivity contribution in [2.75, 3.05) is 32.5 Å². The molecule has 0 spiro atoms. The zero-order chi connectivity index (χ0) is 23.1. The lowest BCUT2D eigenvalue weighted by atomic mass is 10.0. The number of nitrogens with zero attached hydrogens (tertiary/aromatic N) is 2. The average molecular weight is 445 g/mol. The molecule has 0 bridgehead atoms. The van der Waals surface area contributed by atoms with Gasteiger partial charge in [-0.2, -0.15) is 0 Å². The van der Waals surface area contributed by atoms with Crippen LogP contribution in [0.1, 0.15) is 28.1 Å². The number of carbonyl (C=O) groups is 2. The molecule has 1 unspecified atom stereocenters. The van der Waals surface area contributed by atoms with Gasteiger partial charge in [-0.1, -0.05) is 18.2 Å². The number of hydrogen-bond donors (Lipinski definition) is 1. The number of fused-ring (bicyclic) bond motifs is 1. The van der Waals surface area contributed by atoms with Gasteiger partial charge in [-0.05, 0) is 62.5 Å². The first kappa shape index (κ1) is 21.2. The SMILES string of the molecule is CN1CCC(N(C)C(=O)c2ccccc2-c2ccc(/C=C3/C(=O)Nc4ccc(F)cc43)o2)C1. The highest BCUT2D eigenvalue weighted by molar-refractivity contribution is 6.34. The summed E-state index contributed by atoms with van der Waals surface area (Å²) in [6.45, 7) is 1.83. The van der Waals surface area contributed by atoms with Gasteiger partial charge in [0.2, 0.25) is 0 Å². The summed E-state index contributed by atoms with van der Waals surface area (Å²) < 4.78 is 19.7. The zero-order valence-electron chi connectivity index (χ0n) is 18.5. The van der Waals surface area contributed by atoms with Crippen LogP contribution >= 0.6 is 0 Å². The lowest BCUT2D eigenvalue weighted by Crippen LogP contribution is -2.38. The third kappa shape index (κ3) is 3.96. The first-order valence-electron chi connectivity index (χ1n) is 10.9. The third-order valence-corrected chi connectivity index (χ3v) is 6.34. The second kappa shape index (κ2) is 8.33. The summed E-state index contributed by atoms with van der Waals surface area (Å²) in [7, 11) is 3.90. The smallest absolute Gasteiger partial charge is 0.256 e. The van der Waals surface area contributed by atoms with Crippen LogP contribution in [0.2, 0.25) is 0 Å². The normalized spacial score (nSPS) is 19.1. The van der Waals surface area contributed by atoms with Crippen LogP contribution in [-0.2, 0) is 4.79 Å². The Morgan fingerprint density at radius 2 is 2.00 bits per heavy atom. The molecule has 1 fully saturated rings. The summed E-state index contributed by atoms with van der Waals surface area (Å²) in [6, 6.07) is 15.2. The summed E-state index contributed by atoms with van der Waals surface area (Å²) in [5, 5.41) is 2.73. The molecule has 1 aromatic heterocycles. The molecule has 168 valence electrons. The van der Waals surface area contributed by atoms with E-state index in [2.05, 4.69) is 17.3 Å². The fourth-order valence-corrected chi connectivity index (χ4v) is 4.49. The molecular weight excluding hydrogens is 421 g/mol. The Kier molecular flexibility index (Phi) is 5.34. The molecule has 2 aliphatic heterocycles. The minimum atomic E-state index is -0.415. The lowest BCUT2D eigenvalue weighted by Gasteiger charge is -2.25. The molecule has 1 saturated heterocycles. The van der Waals surface area contributed by atoms with Gasteiger partial charge in [-0.15, -0.1) is 0 Å². The van der Waals surface area contributed by atoms with Crippen molar-refractivity contribution in [2.45, 2.75) is 12.5 Å². The van der Waals surface area contributed by atoms with E-state index in [1.807, 2.05) is 30.1 Å². The van der Waals surface area contributed by atoms with Gasteiger partial charge in [0.15, 0.2) is 0 Å². The van der Waals surface area contributed by atoms with E-state index in [1.165, 1.54) is 18.2 Å². The highest BCUT2D eigenvalue weighted by atomic mass is 19.1. The van der Waals surface area contributed by atoms with Crippen molar-refractivity contribution < 1.29 is 18.4 Å². The fraction of sp³-hybridized carbons (Fsp3) is 0.231. The predicted octanol–water partition coefficient (Wildman–Crippen LogP) is 4.35. The second-order valence-corrected chi connectivity index (χ2v) is 8.57. The van der Waals surface area contributed by atoms with Crippen LogP contribution in [0, 0.1) is 5.82 Å². The molecule has 3 aromatic rings. The van der Waals surface area contributed by atoms with Gasteiger partial charge in [0.05, 0.1) is 11.1 Å². The molecule has 5 rings (SSSR count). The van der Waals surface area contributed by atoms with Crippen molar-refractivity contribution in [1.82, 2.24) is 9.80 Å². The quantitative estimate of drug-likeness (QED) is 0.607. The number of amides is 2. The average Bonchev–Trinajstić information content (AvgIpc) is 3.53. The number of furan rings is 1. The zero-order valence-corrected chi connectivity index (χ0v) is 18.5. The van der Waals surface area contributed by atoms with Gasteiger partial charge in [0.25, 0.3) is 11.8 Å². The molecule has 7 heteroatoms. The van der Waals surface area contributed by atoms with Gasteiger partial charge >= 0.3 is 0 Å². The van der Waals surface area contributed by atoms with E-state index < -0.39 is 5.82 Å². The van der Waals surface area contributed by atoms with E-state index in [4.69, 9.17) is 4.42 Å². The minimum absolute atomic E-state index is 0.0539. The number of likely N-dealkylation sites (N-methyl/N-ethyl adjacent to an activating group) is 2. The number of rotatable bonds is 4. The Balaban J connectivity index is 1.45. The minimum Gasteiger partial charge on any atom is -0.457 e. The first-order valence-corrected chi connectivity index (χ1v) is 10.9. The molecule has 2 aliphatic rings. The Morgan fingerprint density at radius 3 is 2.79 bits per heavy atom. The lowest BCUT2D eigenvalue weighted by molar-refractivity contribution is -0.110. The van der Waals surface area contributed by atoms with Crippen molar-refractivity contribution in [3.63, 3.8) is 0 Å². The van der Waals surface area contributed by atoms with Crippen molar-refractivity contribution >= 4 is 29.2 Å². The Bertz CT molecular complexity index is 1280. The van der Waals surface area contributed by atoms with Gasteiger partial charge in [-0.3, -0.25) is 9.59 Å². The van der Waals surface area contributed by atoms with E-state index in [0.29, 0.717) is 39.5 Å². The fourth-order valence-electron chi connectivity index (χ4n) is 4.49. The van der Waals surface area contributed by atoms with Crippen LogP contribution in [0.25, 0.3) is 23.0 Å². The number of likely N-dealkylation sites (tertiary alicyclic amines) is 1. The van der Waals surface area contributed by atoms with Crippen molar-refractivity contribution in [3.8, 4) is 11.3 Å². The van der Waals surface area contributed by atoms with E-state index in [0.717, 1.165) is 19.5 Å². The third-order valence-electron chi connectivity index (χ3n) is 6.34. The summed E-state index contributed by atoms with van der Waals surface area (Å²) in [4.78, 5) is 29.7. The number of anilines is 1. The molecule has 1 N–H and O–H groups in total. The monoisotopic (exact) mass is 445 g/mol. The Hall–Kier alpha value is -3.71. The van der Waals surface area contributed by atoms with Crippen LogP contribution in [-0.4, -0.2) is 54.8 Å². The van der Waals surface area contributed by atoms with E-state index in [-0.39, 0.29) is 17.9 Å². The van der Waals surface area contributed by atoms with Crippen LogP contribution in [0.4, 0.5) is 10.1 Å². The molecule has 6 nitrogen and oxygen atoms in total. The molecule has 33 heavy (non-hydrogen) atoms. The van der Waals surface area contributed by atoms with Gasteiger partial charge < -0.3 is 19.5 Å². The molecular formula is C26H24FN3O3. The highest BCUT2D eigenvalue weighted by Crippen LogP contribution is 2.35. The van der Waals surface area contributed by atoms with Gasteiger partial charge in [0.1, 0.15) is 17.3 Å². The van der Waals surface area contributed by atoms with Gasteiger partial charge in [-0.25, -0.2) is 4.39 Å². The second-order valence-electron chi connectivity index (χ2n) is 8.57. The summed E-state index contributed by atoms with van der Waals surface area (Å²) in [5.41, 5.74) is 2.65. The van der Waals surface area contributed by atoms with Crippen molar-refractivity contribution in [1.29, 1.82) is 0 Å². The van der Waals surface area contributed by atoms with Crippen molar-refractivity contribution in [3.05, 3.63) is 77.3 Å². The maximum Gasteiger partial charge on any atom is 0.256 e. The predicted molar refractivity (Wildman–Crippen MR) is 125 cm³/mol. The van der Waals surface area contributed by atoms with E-state index >= 15 is 0 Å². The van der Waals surface area contributed by atoms with Crippen molar-refractivity contribution in [2.24, 2.45) is 0 Å². The number of halogens is 1. The van der Waals surface area contributed by atoms with E-state index in [9.17, 15) is 14.0 Å². The van der Waals surface area contributed by atoms with E-state index in [1.54, 1.807) is 24.3 Å². The molecule has 0 radical (unpaired) electrons. The largest absolute Gasteiger partial charge is 0.457 e. The molecule has 2 amide bonds. The first-order chi connectivity index (χ1) is 15.9. The van der Waals surface area contributed by atoms with Crippen LogP contribution in [0.5, 0.6) is 0 Å². The number of carbonyl (C=O) groups excluding carboxylic acids is 2. The molecule has 2 aromatic carbocycles.